The fraction of sp³-hybridized carbons (Fsp3) is 0.909. The summed E-state index contributed by atoms with van der Waals surface area (Å²) >= 11 is 0. The minimum atomic E-state index is -0.851. The number of carbonyl (C=O) groups excluding carboxylic acids is 1. The molecule has 3 aliphatic heterocycles. The summed E-state index contributed by atoms with van der Waals surface area (Å²) in [5.74, 6) is -1.84. The van der Waals surface area contributed by atoms with Crippen LogP contribution in [0.15, 0.2) is 0 Å². The summed E-state index contributed by atoms with van der Waals surface area (Å²) < 4.78 is 16.6. The monoisotopic (exact) mass is 226 g/mol. The van der Waals surface area contributed by atoms with Crippen molar-refractivity contribution in [2.45, 2.75) is 38.1 Å². The van der Waals surface area contributed by atoms with Gasteiger partial charge in [-0.25, -0.2) is 0 Å². The van der Waals surface area contributed by atoms with E-state index in [0.717, 1.165) is 0 Å². The van der Waals surface area contributed by atoms with Crippen LogP contribution >= 0.6 is 0 Å². The van der Waals surface area contributed by atoms with Crippen molar-refractivity contribution in [1.29, 1.82) is 0 Å². The minimum Gasteiger partial charge on any atom is -0.433 e. The molecule has 88 valence electrons. The molecule has 4 fully saturated rings. The molecule has 0 aromatic carbocycles. The Morgan fingerprint density at radius 3 is 2.81 bits per heavy atom. The quantitative estimate of drug-likeness (QED) is 0.599. The van der Waals surface area contributed by atoms with Crippen LogP contribution in [0.4, 0.5) is 0 Å². The normalized spacial score (nSPS) is 66.2. The van der Waals surface area contributed by atoms with Gasteiger partial charge in [-0.3, -0.25) is 4.79 Å². The van der Waals surface area contributed by atoms with Crippen molar-refractivity contribution in [2.24, 2.45) is 23.7 Å². The number of hydrogen-bond donors (Lipinski definition) is 1. The Morgan fingerprint density at radius 2 is 2.06 bits per heavy atom. The topological polar surface area (TPSA) is 65.0 Å². The van der Waals surface area contributed by atoms with Gasteiger partial charge in [-0.15, -0.1) is 0 Å². The molecule has 0 unspecified atom stereocenters. The zero-order valence-corrected chi connectivity index (χ0v) is 9.17. The molecular formula is C11H14O5. The van der Waals surface area contributed by atoms with Crippen molar-refractivity contribution in [3.63, 3.8) is 0 Å². The Hall–Kier alpha value is -0.650. The summed E-state index contributed by atoms with van der Waals surface area (Å²) in [5, 5.41) is 9.83. The maximum atomic E-state index is 11.7. The van der Waals surface area contributed by atoms with Crippen LogP contribution in [0.2, 0.25) is 0 Å². The fourth-order valence-electron chi connectivity index (χ4n) is 4.38. The van der Waals surface area contributed by atoms with Gasteiger partial charge in [0.25, 0.3) is 0 Å². The van der Waals surface area contributed by atoms with Crippen LogP contribution in [0, 0.1) is 23.7 Å². The molecule has 0 amide bonds. The number of esters is 1. The average Bonchev–Trinajstić information content (AvgIpc) is 2.74. The Kier molecular flexibility index (Phi) is 1.35. The summed E-state index contributed by atoms with van der Waals surface area (Å²) in [5.41, 5.74) is 0. The summed E-state index contributed by atoms with van der Waals surface area (Å²) in [4.78, 5) is 11.7. The van der Waals surface area contributed by atoms with Crippen LogP contribution in [-0.4, -0.2) is 28.9 Å². The standard InChI is InChI=1S/C11H14O5/c1-10-6-4(8(12)14-10)3-5-7(6)11(2,16-10)15-9(5)13/h4-8,12H,3H2,1-2H3/t4-,5+,6-,7+,8-,10+,11-/m1/s1. The third kappa shape index (κ3) is 0.772. The Morgan fingerprint density at radius 1 is 1.31 bits per heavy atom. The molecule has 0 aromatic heterocycles. The number of aliphatic hydroxyl groups is 1. The van der Waals surface area contributed by atoms with Gasteiger partial charge in [0.2, 0.25) is 5.79 Å². The van der Waals surface area contributed by atoms with Crippen LogP contribution in [0.1, 0.15) is 20.3 Å². The molecule has 7 atom stereocenters. The van der Waals surface area contributed by atoms with Crippen LogP contribution < -0.4 is 0 Å². The van der Waals surface area contributed by atoms with Crippen molar-refractivity contribution in [2.75, 3.05) is 0 Å². The number of rotatable bonds is 0. The van der Waals surface area contributed by atoms with Crippen molar-refractivity contribution < 1.29 is 24.1 Å². The molecule has 3 saturated heterocycles. The highest BCUT2D eigenvalue weighted by Gasteiger charge is 2.77. The minimum absolute atomic E-state index is 0.00896. The molecule has 1 N–H and O–H groups in total. The van der Waals surface area contributed by atoms with Crippen molar-refractivity contribution in [3.8, 4) is 0 Å². The molecular weight excluding hydrogens is 212 g/mol. The first-order chi connectivity index (χ1) is 7.45. The van der Waals surface area contributed by atoms with E-state index in [0.29, 0.717) is 6.42 Å². The van der Waals surface area contributed by atoms with Crippen molar-refractivity contribution in [1.82, 2.24) is 0 Å². The van der Waals surface area contributed by atoms with Gasteiger partial charge in [0.15, 0.2) is 12.1 Å². The molecule has 16 heavy (non-hydrogen) atoms. The highest BCUT2D eigenvalue weighted by Crippen LogP contribution is 2.67. The highest BCUT2D eigenvalue weighted by molar-refractivity contribution is 5.76. The van der Waals surface area contributed by atoms with Gasteiger partial charge in [-0.1, -0.05) is 0 Å². The predicted molar refractivity (Wildman–Crippen MR) is 49.7 cm³/mol. The largest absolute Gasteiger partial charge is 0.433 e. The van der Waals surface area contributed by atoms with Crippen LogP contribution in [0.25, 0.3) is 0 Å². The lowest BCUT2D eigenvalue weighted by Crippen LogP contribution is -2.36. The first-order valence-electron chi connectivity index (χ1n) is 5.73. The van der Waals surface area contributed by atoms with Crippen LogP contribution in [-0.2, 0) is 19.0 Å². The lowest BCUT2D eigenvalue weighted by atomic mass is 9.83. The molecule has 0 spiro atoms. The Balaban J connectivity index is 1.87. The van der Waals surface area contributed by atoms with E-state index in [-0.39, 0.29) is 29.6 Å². The van der Waals surface area contributed by atoms with E-state index in [1.165, 1.54) is 0 Å². The zero-order valence-electron chi connectivity index (χ0n) is 9.17. The molecule has 4 aliphatic rings. The maximum Gasteiger partial charge on any atom is 0.312 e. The smallest absolute Gasteiger partial charge is 0.312 e. The molecule has 5 nitrogen and oxygen atoms in total. The first-order valence-corrected chi connectivity index (χ1v) is 5.73. The third-order valence-corrected chi connectivity index (χ3v) is 4.75. The molecule has 0 bridgehead atoms. The number of hydrogen-bond acceptors (Lipinski definition) is 5. The van der Waals surface area contributed by atoms with Gasteiger partial charge in [0, 0.05) is 24.7 Å². The highest BCUT2D eigenvalue weighted by atomic mass is 16.8. The molecule has 1 aliphatic carbocycles. The van der Waals surface area contributed by atoms with Gasteiger partial charge in [-0.2, -0.15) is 0 Å². The van der Waals surface area contributed by atoms with Gasteiger partial charge in [0.05, 0.1) is 5.92 Å². The van der Waals surface area contributed by atoms with E-state index in [1.807, 2.05) is 6.92 Å². The average molecular weight is 226 g/mol. The van der Waals surface area contributed by atoms with E-state index in [4.69, 9.17) is 14.2 Å². The van der Waals surface area contributed by atoms with E-state index < -0.39 is 17.9 Å². The second kappa shape index (κ2) is 2.30. The molecule has 1 saturated carbocycles. The summed E-state index contributed by atoms with van der Waals surface area (Å²) in [6.07, 6.45) is -0.151. The summed E-state index contributed by atoms with van der Waals surface area (Å²) in [6, 6.07) is 0. The number of ether oxygens (including phenoxy) is 3. The number of carbonyl (C=O) groups is 1. The van der Waals surface area contributed by atoms with E-state index in [2.05, 4.69) is 0 Å². The summed E-state index contributed by atoms with van der Waals surface area (Å²) in [7, 11) is 0. The Labute approximate surface area is 92.7 Å². The number of aliphatic hydroxyl groups excluding tert-OH is 1. The molecule has 0 aromatic rings. The van der Waals surface area contributed by atoms with E-state index in [9.17, 15) is 9.90 Å². The Bertz CT molecular complexity index is 396. The van der Waals surface area contributed by atoms with Crippen LogP contribution in [0.5, 0.6) is 0 Å². The third-order valence-electron chi connectivity index (χ3n) is 4.75. The van der Waals surface area contributed by atoms with E-state index in [1.54, 1.807) is 6.92 Å². The molecule has 0 radical (unpaired) electrons. The predicted octanol–water partition coefficient (Wildman–Crippen LogP) is 0.223. The first kappa shape index (κ1) is 9.39. The van der Waals surface area contributed by atoms with Crippen LogP contribution in [0.3, 0.4) is 0 Å². The van der Waals surface area contributed by atoms with Gasteiger partial charge < -0.3 is 19.3 Å². The second-order valence-corrected chi connectivity index (χ2v) is 5.62. The van der Waals surface area contributed by atoms with Gasteiger partial charge >= 0.3 is 5.97 Å². The lowest BCUT2D eigenvalue weighted by Gasteiger charge is -2.27. The second-order valence-electron chi connectivity index (χ2n) is 5.62. The molecule has 3 heterocycles. The SMILES string of the molecule is C[C@]12O[C@@H](O)[C@@H]3C[C@@H]4C(=O)O[C@](C)(O1)[C@@H]4[C@@H]32. The van der Waals surface area contributed by atoms with Gasteiger partial charge in [0.1, 0.15) is 0 Å². The maximum absolute atomic E-state index is 11.7. The summed E-state index contributed by atoms with van der Waals surface area (Å²) in [6.45, 7) is 3.64. The lowest BCUT2D eigenvalue weighted by molar-refractivity contribution is -0.314. The van der Waals surface area contributed by atoms with Crippen molar-refractivity contribution >= 4 is 5.97 Å². The van der Waals surface area contributed by atoms with Gasteiger partial charge in [-0.05, 0) is 13.3 Å². The fourth-order valence-corrected chi connectivity index (χ4v) is 4.38. The van der Waals surface area contributed by atoms with E-state index >= 15 is 0 Å². The van der Waals surface area contributed by atoms with Crippen molar-refractivity contribution in [3.05, 3.63) is 0 Å². The molecule has 4 rings (SSSR count). The molecule has 5 heteroatoms. The zero-order chi connectivity index (χ0) is 11.3.